The Morgan fingerprint density at radius 1 is 1.53 bits per heavy atom. The number of rotatable bonds is 3. The molecule has 0 aromatic carbocycles. The van der Waals surface area contributed by atoms with Crippen LogP contribution in [0.1, 0.15) is 17.4 Å². The average Bonchev–Trinajstić information content (AvgIpc) is 2.76. The molecule has 6 nitrogen and oxygen atoms in total. The lowest BCUT2D eigenvalue weighted by Crippen LogP contribution is -2.04. The van der Waals surface area contributed by atoms with Crippen LogP contribution in [-0.2, 0) is 4.74 Å². The van der Waals surface area contributed by atoms with Crippen molar-refractivity contribution >= 4 is 17.3 Å². The van der Waals surface area contributed by atoms with Gasteiger partial charge in [0.2, 0.25) is 0 Å². The molecule has 0 radical (unpaired) electrons. The summed E-state index contributed by atoms with van der Waals surface area (Å²) < 4.78 is 11.6. The number of esters is 1. The predicted octanol–water partition coefficient (Wildman–Crippen LogP) is 1.10. The highest BCUT2D eigenvalue weighted by Gasteiger charge is 2.14. The summed E-state index contributed by atoms with van der Waals surface area (Å²) in [4.78, 5) is 15.7. The first-order valence-electron chi connectivity index (χ1n) is 5.16. The van der Waals surface area contributed by atoms with Crippen molar-refractivity contribution in [3.8, 4) is 5.88 Å². The zero-order chi connectivity index (χ0) is 12.4. The number of hydrogen-bond donors (Lipinski definition) is 1. The molecule has 0 aliphatic heterocycles. The van der Waals surface area contributed by atoms with Gasteiger partial charge in [0.05, 0.1) is 19.4 Å². The fraction of sp³-hybridized carbons (Fsp3) is 0.273. The highest BCUT2D eigenvalue weighted by molar-refractivity contribution is 5.89. The topological polar surface area (TPSA) is 78.8 Å². The standard InChI is InChI=1S/C11H13N3O3/c1-3-17-11(15)8-6-14-9(16-2)5-4-7(12)10(14)13-8/h4-6H,3,12H2,1-2H3. The minimum Gasteiger partial charge on any atom is -0.482 e. The Bertz CT molecular complexity index is 562. The Kier molecular flexibility index (Phi) is 2.86. The second-order valence-corrected chi connectivity index (χ2v) is 3.37. The zero-order valence-electron chi connectivity index (χ0n) is 9.64. The minimum absolute atomic E-state index is 0.211. The van der Waals surface area contributed by atoms with E-state index in [1.165, 1.54) is 7.11 Å². The Balaban J connectivity index is 2.56. The second-order valence-electron chi connectivity index (χ2n) is 3.37. The van der Waals surface area contributed by atoms with Crippen LogP contribution in [0.25, 0.3) is 5.65 Å². The summed E-state index contributed by atoms with van der Waals surface area (Å²) in [6, 6.07) is 3.38. The van der Waals surface area contributed by atoms with Gasteiger partial charge in [0.25, 0.3) is 0 Å². The molecule has 2 heterocycles. The summed E-state index contributed by atoms with van der Waals surface area (Å²) in [6.07, 6.45) is 1.54. The number of pyridine rings is 1. The minimum atomic E-state index is -0.474. The number of methoxy groups -OCH3 is 1. The van der Waals surface area contributed by atoms with Gasteiger partial charge in [-0.15, -0.1) is 0 Å². The maximum absolute atomic E-state index is 11.5. The van der Waals surface area contributed by atoms with Crippen molar-refractivity contribution in [2.45, 2.75) is 6.92 Å². The van der Waals surface area contributed by atoms with Crippen LogP contribution in [0.4, 0.5) is 5.69 Å². The van der Waals surface area contributed by atoms with Crippen LogP contribution in [0.3, 0.4) is 0 Å². The number of nitrogen functional groups attached to an aromatic ring is 1. The summed E-state index contributed by atoms with van der Waals surface area (Å²) in [7, 11) is 1.54. The summed E-state index contributed by atoms with van der Waals surface area (Å²) >= 11 is 0. The van der Waals surface area contributed by atoms with Crippen LogP contribution in [0.5, 0.6) is 5.88 Å². The number of carbonyl (C=O) groups is 1. The van der Waals surface area contributed by atoms with E-state index in [4.69, 9.17) is 15.2 Å². The van der Waals surface area contributed by atoms with Crippen LogP contribution >= 0.6 is 0 Å². The number of nitrogens with zero attached hydrogens (tertiary/aromatic N) is 2. The van der Waals surface area contributed by atoms with Crippen molar-refractivity contribution < 1.29 is 14.3 Å². The van der Waals surface area contributed by atoms with Crippen LogP contribution in [-0.4, -0.2) is 29.1 Å². The van der Waals surface area contributed by atoms with Gasteiger partial charge < -0.3 is 15.2 Å². The second kappa shape index (κ2) is 4.32. The molecule has 2 aromatic heterocycles. The van der Waals surface area contributed by atoms with E-state index < -0.39 is 5.97 Å². The first kappa shape index (κ1) is 11.3. The third-order valence-corrected chi connectivity index (χ3v) is 2.30. The number of ether oxygens (including phenoxy) is 2. The van der Waals surface area contributed by atoms with Crippen molar-refractivity contribution in [2.24, 2.45) is 0 Å². The molecule has 90 valence electrons. The highest BCUT2D eigenvalue weighted by atomic mass is 16.5. The number of imidazole rings is 1. The van der Waals surface area contributed by atoms with Crippen molar-refractivity contribution in [2.75, 3.05) is 19.5 Å². The lowest BCUT2D eigenvalue weighted by molar-refractivity contribution is 0.0520. The van der Waals surface area contributed by atoms with Gasteiger partial charge in [-0.05, 0) is 13.0 Å². The molecule has 0 saturated heterocycles. The molecule has 0 saturated carbocycles. The molecule has 0 unspecified atom stereocenters. The fourth-order valence-corrected chi connectivity index (χ4v) is 1.54. The van der Waals surface area contributed by atoms with E-state index in [-0.39, 0.29) is 5.69 Å². The number of aromatic nitrogens is 2. The Labute approximate surface area is 98.0 Å². The molecule has 0 fully saturated rings. The SMILES string of the molecule is CCOC(=O)c1cn2c(OC)ccc(N)c2n1. The van der Waals surface area contributed by atoms with E-state index in [0.717, 1.165) is 0 Å². The molecule has 0 amide bonds. The maximum Gasteiger partial charge on any atom is 0.358 e. The zero-order valence-corrected chi connectivity index (χ0v) is 9.64. The first-order chi connectivity index (χ1) is 8.17. The number of hydrogen-bond acceptors (Lipinski definition) is 5. The Morgan fingerprint density at radius 2 is 2.29 bits per heavy atom. The quantitative estimate of drug-likeness (QED) is 0.806. The average molecular weight is 235 g/mol. The van der Waals surface area contributed by atoms with Gasteiger partial charge >= 0.3 is 5.97 Å². The van der Waals surface area contributed by atoms with E-state index >= 15 is 0 Å². The van der Waals surface area contributed by atoms with Crippen LogP contribution in [0.15, 0.2) is 18.3 Å². The number of anilines is 1. The first-order valence-corrected chi connectivity index (χ1v) is 5.16. The maximum atomic E-state index is 11.5. The van der Waals surface area contributed by atoms with Crippen LogP contribution in [0.2, 0.25) is 0 Å². The van der Waals surface area contributed by atoms with Gasteiger partial charge in [-0.2, -0.15) is 0 Å². The third kappa shape index (κ3) is 1.89. The molecule has 2 N–H and O–H groups in total. The van der Waals surface area contributed by atoms with Gasteiger partial charge in [-0.25, -0.2) is 9.78 Å². The van der Waals surface area contributed by atoms with E-state index in [2.05, 4.69) is 4.98 Å². The number of carbonyl (C=O) groups excluding carboxylic acids is 1. The van der Waals surface area contributed by atoms with E-state index in [0.29, 0.717) is 23.8 Å². The highest BCUT2D eigenvalue weighted by Crippen LogP contribution is 2.21. The van der Waals surface area contributed by atoms with Crippen LogP contribution < -0.4 is 10.5 Å². The van der Waals surface area contributed by atoms with Gasteiger partial charge in [0.15, 0.2) is 17.2 Å². The molecule has 0 spiro atoms. The summed E-state index contributed by atoms with van der Waals surface area (Å²) in [6.45, 7) is 2.04. The van der Waals surface area contributed by atoms with Crippen LogP contribution in [0, 0.1) is 0 Å². The van der Waals surface area contributed by atoms with E-state index in [1.807, 2.05) is 0 Å². The molecule has 0 bridgehead atoms. The Hall–Kier alpha value is -2.24. The predicted molar refractivity (Wildman–Crippen MR) is 62.1 cm³/mol. The molecule has 17 heavy (non-hydrogen) atoms. The van der Waals surface area contributed by atoms with E-state index in [1.54, 1.807) is 29.7 Å². The molecule has 2 rings (SSSR count). The molecule has 6 heteroatoms. The largest absolute Gasteiger partial charge is 0.482 e. The normalized spacial score (nSPS) is 10.5. The molecular weight excluding hydrogens is 222 g/mol. The van der Waals surface area contributed by atoms with Crippen molar-refractivity contribution in [3.05, 3.63) is 24.0 Å². The molecular formula is C11H13N3O3. The van der Waals surface area contributed by atoms with E-state index in [9.17, 15) is 4.79 Å². The molecule has 0 atom stereocenters. The van der Waals surface area contributed by atoms with Gasteiger partial charge in [0.1, 0.15) is 0 Å². The van der Waals surface area contributed by atoms with Gasteiger partial charge in [-0.3, -0.25) is 4.40 Å². The lowest BCUT2D eigenvalue weighted by atomic mass is 10.4. The van der Waals surface area contributed by atoms with Gasteiger partial charge in [-0.1, -0.05) is 0 Å². The summed E-state index contributed by atoms with van der Waals surface area (Å²) in [5.41, 5.74) is 6.94. The smallest absolute Gasteiger partial charge is 0.358 e. The third-order valence-electron chi connectivity index (χ3n) is 2.30. The Morgan fingerprint density at radius 3 is 2.94 bits per heavy atom. The number of nitrogens with two attached hydrogens (primary N) is 1. The molecule has 2 aromatic rings. The fourth-order valence-electron chi connectivity index (χ4n) is 1.54. The molecule has 0 aliphatic rings. The molecule has 0 aliphatic carbocycles. The number of fused-ring (bicyclic) bond motifs is 1. The summed E-state index contributed by atoms with van der Waals surface area (Å²) in [5.74, 6) is 0.0786. The monoisotopic (exact) mass is 235 g/mol. The lowest BCUT2D eigenvalue weighted by Gasteiger charge is -2.04. The van der Waals surface area contributed by atoms with Crippen molar-refractivity contribution in [1.29, 1.82) is 0 Å². The van der Waals surface area contributed by atoms with Crippen molar-refractivity contribution in [3.63, 3.8) is 0 Å². The van der Waals surface area contributed by atoms with Crippen molar-refractivity contribution in [1.82, 2.24) is 9.38 Å². The summed E-state index contributed by atoms with van der Waals surface area (Å²) in [5, 5.41) is 0. The van der Waals surface area contributed by atoms with Gasteiger partial charge in [0, 0.05) is 12.3 Å².